The van der Waals surface area contributed by atoms with Gasteiger partial charge in [0.25, 0.3) is 0 Å². The predicted molar refractivity (Wildman–Crippen MR) is 57.6 cm³/mol. The van der Waals surface area contributed by atoms with E-state index in [4.69, 9.17) is 0 Å². The fourth-order valence-electron chi connectivity index (χ4n) is 2.18. The van der Waals surface area contributed by atoms with Crippen LogP contribution in [0.15, 0.2) is 12.4 Å². The van der Waals surface area contributed by atoms with Crippen LogP contribution in [-0.2, 0) is 6.42 Å². The van der Waals surface area contributed by atoms with Gasteiger partial charge < -0.3 is 10.3 Å². The Bertz CT molecular complexity index is 484. The fourth-order valence-corrected chi connectivity index (χ4v) is 2.18. The number of fused-ring (bicyclic) bond motifs is 3. The summed E-state index contributed by atoms with van der Waals surface area (Å²) in [5.74, 6) is 0. The molecule has 0 aromatic carbocycles. The summed E-state index contributed by atoms with van der Waals surface area (Å²) in [6.45, 7) is 3.20. The molecule has 0 fully saturated rings. The van der Waals surface area contributed by atoms with Gasteiger partial charge in [0.1, 0.15) is 5.65 Å². The van der Waals surface area contributed by atoms with E-state index in [1.54, 1.807) is 0 Å². The third-order valence-corrected chi connectivity index (χ3v) is 2.90. The number of aryl methyl sites for hydroxylation is 2. The lowest BCUT2D eigenvalue weighted by molar-refractivity contribution is 0.828. The minimum Gasteiger partial charge on any atom is -0.384 e. The molecule has 72 valence electrons. The third kappa shape index (κ3) is 0.953. The highest BCUT2D eigenvalue weighted by atomic mass is 14.9. The maximum absolute atomic E-state index is 4.42. The number of rotatable bonds is 0. The van der Waals surface area contributed by atoms with Crippen molar-refractivity contribution in [3.63, 3.8) is 0 Å². The molecule has 0 aliphatic carbocycles. The molecule has 1 aliphatic heterocycles. The van der Waals surface area contributed by atoms with Crippen molar-refractivity contribution in [1.82, 2.24) is 9.97 Å². The van der Waals surface area contributed by atoms with Crippen molar-refractivity contribution in [2.45, 2.75) is 19.8 Å². The molecule has 14 heavy (non-hydrogen) atoms. The summed E-state index contributed by atoms with van der Waals surface area (Å²) in [6.07, 6.45) is 6.37. The lowest BCUT2D eigenvalue weighted by Gasteiger charge is -2.18. The van der Waals surface area contributed by atoms with Gasteiger partial charge in [-0.3, -0.25) is 0 Å². The molecule has 0 saturated heterocycles. The summed E-state index contributed by atoms with van der Waals surface area (Å²) >= 11 is 0. The van der Waals surface area contributed by atoms with E-state index < -0.39 is 0 Å². The Hall–Kier alpha value is -1.51. The zero-order chi connectivity index (χ0) is 9.54. The van der Waals surface area contributed by atoms with Crippen LogP contribution < -0.4 is 5.32 Å². The molecule has 0 bridgehead atoms. The number of aromatic nitrogens is 2. The highest BCUT2D eigenvalue weighted by Gasteiger charge is 2.14. The fraction of sp³-hybridized carbons (Fsp3) is 0.364. The van der Waals surface area contributed by atoms with Crippen LogP contribution >= 0.6 is 0 Å². The van der Waals surface area contributed by atoms with E-state index in [2.05, 4.69) is 22.2 Å². The molecule has 3 heterocycles. The SMILES string of the molecule is Cc1c[nH]c2ncc3c(c12)NCCC3. The monoisotopic (exact) mass is 187 g/mol. The van der Waals surface area contributed by atoms with Crippen LogP contribution in [-0.4, -0.2) is 16.5 Å². The molecule has 2 aromatic rings. The summed E-state index contributed by atoms with van der Waals surface area (Å²) in [6, 6.07) is 0. The van der Waals surface area contributed by atoms with Gasteiger partial charge in [0.2, 0.25) is 0 Å². The van der Waals surface area contributed by atoms with Crippen molar-refractivity contribution in [1.29, 1.82) is 0 Å². The smallest absolute Gasteiger partial charge is 0.139 e. The van der Waals surface area contributed by atoms with E-state index >= 15 is 0 Å². The molecule has 0 unspecified atom stereocenters. The predicted octanol–water partition coefficient (Wildman–Crippen LogP) is 2.23. The van der Waals surface area contributed by atoms with Gasteiger partial charge in [0, 0.05) is 24.3 Å². The number of anilines is 1. The summed E-state index contributed by atoms with van der Waals surface area (Å²) in [5.41, 5.74) is 4.92. The van der Waals surface area contributed by atoms with Crippen molar-refractivity contribution in [3.05, 3.63) is 23.5 Å². The van der Waals surface area contributed by atoms with E-state index in [9.17, 15) is 0 Å². The number of hydrogen-bond donors (Lipinski definition) is 2. The van der Waals surface area contributed by atoms with E-state index in [0.29, 0.717) is 0 Å². The van der Waals surface area contributed by atoms with Gasteiger partial charge in [-0.2, -0.15) is 0 Å². The highest BCUT2D eigenvalue weighted by Crippen LogP contribution is 2.31. The molecule has 0 atom stereocenters. The van der Waals surface area contributed by atoms with Crippen molar-refractivity contribution in [2.24, 2.45) is 0 Å². The molecule has 2 aromatic heterocycles. The first kappa shape index (κ1) is 7.85. The van der Waals surface area contributed by atoms with Gasteiger partial charge in [-0.15, -0.1) is 0 Å². The summed E-state index contributed by atoms with van der Waals surface area (Å²) in [7, 11) is 0. The normalized spacial score (nSPS) is 15.2. The first-order valence-electron chi connectivity index (χ1n) is 5.05. The zero-order valence-electron chi connectivity index (χ0n) is 8.22. The van der Waals surface area contributed by atoms with Crippen LogP contribution in [0.2, 0.25) is 0 Å². The van der Waals surface area contributed by atoms with Gasteiger partial charge in [0.05, 0.1) is 5.69 Å². The molecule has 0 saturated carbocycles. The zero-order valence-corrected chi connectivity index (χ0v) is 8.22. The van der Waals surface area contributed by atoms with Crippen LogP contribution in [0.25, 0.3) is 11.0 Å². The first-order chi connectivity index (χ1) is 6.86. The number of H-pyrrole nitrogens is 1. The second-order valence-corrected chi connectivity index (χ2v) is 3.88. The second-order valence-electron chi connectivity index (χ2n) is 3.88. The Balaban J connectivity index is 2.38. The van der Waals surface area contributed by atoms with E-state index in [1.165, 1.54) is 28.6 Å². The Morgan fingerprint density at radius 3 is 3.29 bits per heavy atom. The minimum atomic E-state index is 0.996. The quantitative estimate of drug-likeness (QED) is 0.664. The van der Waals surface area contributed by atoms with Crippen LogP contribution in [0.1, 0.15) is 17.5 Å². The van der Waals surface area contributed by atoms with Gasteiger partial charge in [-0.05, 0) is 30.9 Å². The van der Waals surface area contributed by atoms with E-state index in [0.717, 1.165) is 18.6 Å². The van der Waals surface area contributed by atoms with Gasteiger partial charge in [0.15, 0.2) is 0 Å². The van der Waals surface area contributed by atoms with Crippen molar-refractivity contribution >= 4 is 16.7 Å². The maximum atomic E-state index is 4.42. The molecule has 0 radical (unpaired) electrons. The van der Waals surface area contributed by atoms with Gasteiger partial charge in [-0.25, -0.2) is 4.98 Å². The maximum Gasteiger partial charge on any atom is 0.139 e. The largest absolute Gasteiger partial charge is 0.384 e. The lowest BCUT2D eigenvalue weighted by atomic mass is 10.0. The van der Waals surface area contributed by atoms with Crippen LogP contribution in [0.5, 0.6) is 0 Å². The molecule has 2 N–H and O–H groups in total. The number of nitrogens with one attached hydrogen (secondary N) is 2. The topological polar surface area (TPSA) is 40.7 Å². The Morgan fingerprint density at radius 1 is 1.43 bits per heavy atom. The van der Waals surface area contributed by atoms with Crippen molar-refractivity contribution in [3.8, 4) is 0 Å². The number of nitrogens with zero attached hydrogens (tertiary/aromatic N) is 1. The molecule has 3 heteroatoms. The molecule has 3 nitrogen and oxygen atoms in total. The van der Waals surface area contributed by atoms with E-state index in [1.807, 2.05) is 12.4 Å². The average Bonchev–Trinajstić information content (AvgIpc) is 2.61. The van der Waals surface area contributed by atoms with Gasteiger partial charge in [-0.1, -0.05) is 0 Å². The third-order valence-electron chi connectivity index (χ3n) is 2.90. The highest BCUT2D eigenvalue weighted by molar-refractivity contribution is 5.94. The summed E-state index contributed by atoms with van der Waals surface area (Å²) in [4.78, 5) is 7.61. The summed E-state index contributed by atoms with van der Waals surface area (Å²) < 4.78 is 0. The number of hydrogen-bond acceptors (Lipinski definition) is 2. The molecule has 0 amide bonds. The van der Waals surface area contributed by atoms with Crippen molar-refractivity contribution < 1.29 is 0 Å². The Kier molecular flexibility index (Phi) is 1.54. The standard InChI is InChI=1S/C11H13N3/c1-7-5-13-11-9(7)10-8(6-14-11)3-2-4-12-10/h5-6,12H,2-4H2,1H3,(H,13,14). The first-order valence-corrected chi connectivity index (χ1v) is 5.05. The van der Waals surface area contributed by atoms with Crippen LogP contribution in [0, 0.1) is 6.92 Å². The molecule has 3 rings (SSSR count). The molecule has 0 spiro atoms. The lowest BCUT2D eigenvalue weighted by Crippen LogP contribution is -2.12. The second kappa shape index (κ2) is 2.74. The van der Waals surface area contributed by atoms with Crippen LogP contribution in [0.4, 0.5) is 5.69 Å². The van der Waals surface area contributed by atoms with Crippen molar-refractivity contribution in [2.75, 3.05) is 11.9 Å². The Labute approximate surface area is 82.5 Å². The molecular formula is C11H13N3. The minimum absolute atomic E-state index is 0.996. The Morgan fingerprint density at radius 2 is 2.36 bits per heavy atom. The average molecular weight is 187 g/mol. The molecule has 1 aliphatic rings. The van der Waals surface area contributed by atoms with E-state index in [-0.39, 0.29) is 0 Å². The van der Waals surface area contributed by atoms with Gasteiger partial charge >= 0.3 is 0 Å². The number of pyridine rings is 1. The van der Waals surface area contributed by atoms with Crippen LogP contribution in [0.3, 0.4) is 0 Å². The number of aromatic amines is 1. The summed E-state index contributed by atoms with van der Waals surface area (Å²) in [5, 5.41) is 4.74. The molecular weight excluding hydrogens is 174 g/mol.